The topological polar surface area (TPSA) is 27.7 Å². The summed E-state index contributed by atoms with van der Waals surface area (Å²) in [5.41, 5.74) is -4.85. The van der Waals surface area contributed by atoms with Crippen molar-refractivity contribution in [2.24, 2.45) is 0 Å². The molecular weight excluding hydrogens is 425 g/mol. The third kappa shape index (κ3) is 4.85. The number of halogens is 6. The molecule has 0 amide bonds. The highest BCUT2D eigenvalue weighted by Gasteiger charge is 2.54. The van der Waals surface area contributed by atoms with Gasteiger partial charge in [-0.2, -0.15) is 26.3 Å². The average Bonchev–Trinajstić information content (AvgIpc) is 2.86. The minimum atomic E-state index is -5.09. The Hall–Kier alpha value is -2.20. The summed E-state index contributed by atoms with van der Waals surface area (Å²) < 4.78 is 98.5. The van der Waals surface area contributed by atoms with Crippen LogP contribution in [0.25, 0.3) is 0 Å². The molecule has 0 N–H and O–H groups in total. The van der Waals surface area contributed by atoms with E-state index in [0.29, 0.717) is 11.6 Å². The van der Waals surface area contributed by atoms with E-state index in [-0.39, 0.29) is 12.7 Å². The van der Waals surface area contributed by atoms with Gasteiger partial charge in [0.2, 0.25) is 0 Å². The van der Waals surface area contributed by atoms with Gasteiger partial charge in [-0.05, 0) is 45.4 Å². The third-order valence-corrected chi connectivity index (χ3v) is 5.48. The average molecular weight is 446 g/mol. The first-order valence-electron chi connectivity index (χ1n) is 9.46. The Kier molecular flexibility index (Phi) is 5.86. The highest BCUT2D eigenvalue weighted by molar-refractivity contribution is 6.63. The molecule has 0 saturated carbocycles. The molecule has 3 nitrogen and oxygen atoms in total. The molecule has 168 valence electrons. The molecule has 0 bridgehead atoms. The van der Waals surface area contributed by atoms with Crippen molar-refractivity contribution < 1.29 is 40.4 Å². The Labute approximate surface area is 176 Å². The summed E-state index contributed by atoms with van der Waals surface area (Å²) in [5.74, 6) is -0.747. The minimum absolute atomic E-state index is 0.0507. The van der Waals surface area contributed by atoms with Crippen LogP contribution in [0.15, 0.2) is 42.5 Å². The van der Waals surface area contributed by atoms with E-state index < -0.39 is 53.0 Å². The van der Waals surface area contributed by atoms with Gasteiger partial charge in [-0.25, -0.2) is 0 Å². The van der Waals surface area contributed by atoms with E-state index in [2.05, 4.69) is 0 Å². The maximum atomic E-state index is 13.8. The fourth-order valence-corrected chi connectivity index (χ4v) is 3.06. The van der Waals surface area contributed by atoms with E-state index in [1.165, 1.54) is 0 Å². The van der Waals surface area contributed by atoms with Gasteiger partial charge in [-0.3, -0.25) is 0 Å². The van der Waals surface area contributed by atoms with Crippen LogP contribution in [0.1, 0.15) is 44.4 Å². The SMILES string of the molecule is CC1(C)OB(c2cc(C(F)(F)F)cc(C(F)(F)F)c2OCc2ccccc2)OC1(C)C. The first-order chi connectivity index (χ1) is 14.1. The van der Waals surface area contributed by atoms with Crippen LogP contribution in [0.5, 0.6) is 5.75 Å². The summed E-state index contributed by atoms with van der Waals surface area (Å²) in [6, 6.07) is 8.97. The predicted octanol–water partition coefficient (Wildman–Crippen LogP) is 5.60. The van der Waals surface area contributed by atoms with Crippen molar-refractivity contribution in [3.8, 4) is 5.75 Å². The van der Waals surface area contributed by atoms with Crippen LogP contribution in [0.4, 0.5) is 26.3 Å². The number of alkyl halides is 6. The summed E-state index contributed by atoms with van der Waals surface area (Å²) in [5, 5.41) is 0. The highest BCUT2D eigenvalue weighted by Crippen LogP contribution is 2.42. The lowest BCUT2D eigenvalue weighted by atomic mass is 9.76. The second-order valence-corrected chi connectivity index (χ2v) is 8.30. The van der Waals surface area contributed by atoms with E-state index in [9.17, 15) is 26.3 Å². The van der Waals surface area contributed by atoms with E-state index >= 15 is 0 Å². The monoisotopic (exact) mass is 446 g/mol. The van der Waals surface area contributed by atoms with Crippen molar-refractivity contribution in [1.82, 2.24) is 0 Å². The molecule has 2 aromatic rings. The van der Waals surface area contributed by atoms with Crippen LogP contribution in [-0.2, 0) is 28.3 Å². The Bertz CT molecular complexity index is 923. The lowest BCUT2D eigenvalue weighted by Crippen LogP contribution is -2.41. The first-order valence-corrected chi connectivity index (χ1v) is 9.46. The van der Waals surface area contributed by atoms with Crippen LogP contribution < -0.4 is 10.2 Å². The van der Waals surface area contributed by atoms with Gasteiger partial charge in [0.15, 0.2) is 0 Å². The zero-order valence-corrected chi connectivity index (χ0v) is 17.3. The molecule has 31 heavy (non-hydrogen) atoms. The summed E-state index contributed by atoms with van der Waals surface area (Å²) >= 11 is 0. The molecule has 0 unspecified atom stereocenters. The normalized spacial score (nSPS) is 18.3. The Morgan fingerprint density at radius 2 is 1.39 bits per heavy atom. The molecule has 10 heteroatoms. The fraction of sp³-hybridized carbons (Fsp3) is 0.429. The van der Waals surface area contributed by atoms with Crippen LogP contribution >= 0.6 is 0 Å². The molecule has 1 aliphatic rings. The Morgan fingerprint density at radius 3 is 1.87 bits per heavy atom. The Balaban J connectivity index is 2.15. The van der Waals surface area contributed by atoms with Gasteiger partial charge in [0.25, 0.3) is 0 Å². The zero-order chi connectivity index (χ0) is 23.2. The molecule has 0 radical (unpaired) electrons. The smallest absolute Gasteiger partial charge is 0.489 e. The van der Waals surface area contributed by atoms with Crippen molar-refractivity contribution in [2.45, 2.75) is 57.9 Å². The van der Waals surface area contributed by atoms with Gasteiger partial charge in [-0.1, -0.05) is 30.3 Å². The predicted molar refractivity (Wildman–Crippen MR) is 103 cm³/mol. The zero-order valence-electron chi connectivity index (χ0n) is 17.3. The Morgan fingerprint density at radius 1 is 0.839 bits per heavy atom. The largest absolute Gasteiger partial charge is 0.498 e. The van der Waals surface area contributed by atoms with Crippen LogP contribution in [0, 0.1) is 0 Å². The number of ether oxygens (including phenoxy) is 1. The van der Waals surface area contributed by atoms with Gasteiger partial charge in [0, 0.05) is 5.46 Å². The molecule has 0 atom stereocenters. The molecule has 3 rings (SSSR count). The molecule has 0 spiro atoms. The third-order valence-electron chi connectivity index (χ3n) is 5.48. The summed E-state index contributed by atoms with van der Waals surface area (Å²) in [6.45, 7) is 6.32. The van der Waals surface area contributed by atoms with E-state index in [4.69, 9.17) is 14.0 Å². The number of rotatable bonds is 4. The van der Waals surface area contributed by atoms with Crippen molar-refractivity contribution in [1.29, 1.82) is 0 Å². The van der Waals surface area contributed by atoms with Gasteiger partial charge in [0.1, 0.15) is 12.4 Å². The van der Waals surface area contributed by atoms with E-state index in [1.54, 1.807) is 58.0 Å². The van der Waals surface area contributed by atoms with Crippen LogP contribution in [0.3, 0.4) is 0 Å². The summed E-state index contributed by atoms with van der Waals surface area (Å²) in [7, 11) is -1.47. The standard InChI is InChI=1S/C21H21BF6O3/c1-18(2)19(3,4)31-22(30-18)16-11-14(20(23,24)25)10-15(21(26,27)28)17(16)29-12-13-8-6-5-7-9-13/h5-11H,12H2,1-4H3. The second kappa shape index (κ2) is 7.74. The van der Waals surface area contributed by atoms with Crippen molar-refractivity contribution in [3.05, 3.63) is 59.2 Å². The lowest BCUT2D eigenvalue weighted by Gasteiger charge is -2.32. The van der Waals surface area contributed by atoms with Gasteiger partial charge >= 0.3 is 19.5 Å². The molecule has 0 aliphatic carbocycles. The van der Waals surface area contributed by atoms with Gasteiger partial charge in [0.05, 0.1) is 22.3 Å². The molecule has 1 heterocycles. The molecule has 1 aliphatic heterocycles. The van der Waals surface area contributed by atoms with Crippen molar-refractivity contribution >= 4 is 12.6 Å². The number of benzene rings is 2. The van der Waals surface area contributed by atoms with E-state index in [0.717, 1.165) is 0 Å². The maximum absolute atomic E-state index is 13.8. The first kappa shape index (κ1) is 23.5. The van der Waals surface area contributed by atoms with Gasteiger partial charge < -0.3 is 14.0 Å². The quantitative estimate of drug-likeness (QED) is 0.452. The minimum Gasteiger partial charge on any atom is -0.489 e. The van der Waals surface area contributed by atoms with E-state index in [1.807, 2.05) is 0 Å². The molecule has 1 saturated heterocycles. The molecule has 1 fully saturated rings. The number of hydrogen-bond acceptors (Lipinski definition) is 3. The highest BCUT2D eigenvalue weighted by atomic mass is 19.4. The van der Waals surface area contributed by atoms with Crippen molar-refractivity contribution in [3.63, 3.8) is 0 Å². The molecule has 0 aromatic heterocycles. The molecule has 2 aromatic carbocycles. The van der Waals surface area contributed by atoms with Crippen LogP contribution in [-0.4, -0.2) is 18.3 Å². The fourth-order valence-electron chi connectivity index (χ4n) is 3.06. The summed E-state index contributed by atoms with van der Waals surface area (Å²) in [6.07, 6.45) is -10.1. The maximum Gasteiger partial charge on any atom is 0.498 e. The van der Waals surface area contributed by atoms with Gasteiger partial charge in [-0.15, -0.1) is 0 Å². The van der Waals surface area contributed by atoms with Crippen LogP contribution in [0.2, 0.25) is 0 Å². The summed E-state index contributed by atoms with van der Waals surface area (Å²) in [4.78, 5) is 0. The second-order valence-electron chi connectivity index (χ2n) is 8.30. The molecular formula is C21H21BF6O3. The number of hydrogen-bond donors (Lipinski definition) is 0. The van der Waals surface area contributed by atoms with Crippen molar-refractivity contribution in [2.75, 3.05) is 0 Å². The lowest BCUT2D eigenvalue weighted by molar-refractivity contribution is -0.143.